The smallest absolute Gasteiger partial charge is 0.119 e. The van der Waals surface area contributed by atoms with Crippen LogP contribution in [0.4, 0.5) is 0 Å². The molecule has 1 atom stereocenters. The molecule has 0 amide bonds. The average Bonchev–Trinajstić information content (AvgIpc) is 2.67. The fourth-order valence-corrected chi connectivity index (χ4v) is 4.76. The van der Waals surface area contributed by atoms with Gasteiger partial charge in [0.15, 0.2) is 0 Å². The quantitative estimate of drug-likeness (QED) is 0.911. The number of likely N-dealkylation sites (tertiary alicyclic amines) is 1. The largest absolute Gasteiger partial charge is 0.497 e. The first-order valence-electron chi connectivity index (χ1n) is 8.38. The van der Waals surface area contributed by atoms with Gasteiger partial charge in [0, 0.05) is 5.41 Å². The highest BCUT2D eigenvalue weighted by Gasteiger charge is 2.56. The molecular formula is C19H29NO2. The van der Waals surface area contributed by atoms with Gasteiger partial charge in [0.25, 0.3) is 0 Å². The van der Waals surface area contributed by atoms with Gasteiger partial charge in [0.1, 0.15) is 5.75 Å². The van der Waals surface area contributed by atoms with Crippen LogP contribution in [0.5, 0.6) is 5.75 Å². The van der Waals surface area contributed by atoms with Crippen molar-refractivity contribution in [2.75, 3.05) is 27.2 Å². The summed E-state index contributed by atoms with van der Waals surface area (Å²) in [6.45, 7) is 8.71. The Bertz CT molecular complexity index is 573. The van der Waals surface area contributed by atoms with E-state index in [-0.39, 0.29) is 5.41 Å². The fourth-order valence-electron chi connectivity index (χ4n) is 4.76. The minimum Gasteiger partial charge on any atom is -0.497 e. The summed E-state index contributed by atoms with van der Waals surface area (Å²) in [7, 11) is 3.88. The van der Waals surface area contributed by atoms with E-state index in [1.54, 1.807) is 7.11 Å². The minimum atomic E-state index is -0.722. The molecule has 1 saturated heterocycles. The van der Waals surface area contributed by atoms with Crippen molar-refractivity contribution in [3.05, 3.63) is 28.8 Å². The van der Waals surface area contributed by atoms with E-state index < -0.39 is 5.60 Å². The van der Waals surface area contributed by atoms with Gasteiger partial charge in [0.2, 0.25) is 0 Å². The van der Waals surface area contributed by atoms with Crippen LogP contribution in [0.25, 0.3) is 0 Å². The van der Waals surface area contributed by atoms with Gasteiger partial charge in [0.05, 0.1) is 12.7 Å². The molecule has 1 aliphatic heterocycles. The Hall–Kier alpha value is -1.06. The van der Waals surface area contributed by atoms with Crippen LogP contribution in [0, 0.1) is 18.3 Å². The van der Waals surface area contributed by atoms with E-state index in [1.165, 1.54) is 16.7 Å². The molecule has 0 bridgehead atoms. The second-order valence-corrected chi connectivity index (χ2v) is 7.88. The number of aryl methyl sites for hydroxylation is 1. The van der Waals surface area contributed by atoms with E-state index in [4.69, 9.17) is 4.74 Å². The zero-order valence-corrected chi connectivity index (χ0v) is 14.6. The molecule has 3 nitrogen and oxygen atoms in total. The highest BCUT2D eigenvalue weighted by molar-refractivity contribution is 5.50. The molecule has 22 heavy (non-hydrogen) atoms. The number of hydrogen-bond acceptors (Lipinski definition) is 3. The first-order valence-corrected chi connectivity index (χ1v) is 8.38. The second-order valence-electron chi connectivity index (χ2n) is 7.88. The Kier molecular flexibility index (Phi) is 3.77. The zero-order valence-electron chi connectivity index (χ0n) is 14.6. The van der Waals surface area contributed by atoms with Crippen LogP contribution in [0.2, 0.25) is 0 Å². The van der Waals surface area contributed by atoms with Crippen LogP contribution in [0.15, 0.2) is 12.1 Å². The monoisotopic (exact) mass is 303 g/mol. The van der Waals surface area contributed by atoms with Gasteiger partial charge in [-0.3, -0.25) is 0 Å². The average molecular weight is 303 g/mol. The highest BCUT2D eigenvalue weighted by Crippen LogP contribution is 2.57. The lowest BCUT2D eigenvalue weighted by molar-refractivity contribution is -0.121. The summed E-state index contributed by atoms with van der Waals surface area (Å²) in [5.41, 5.74) is 2.75. The minimum absolute atomic E-state index is 0.132. The summed E-state index contributed by atoms with van der Waals surface area (Å²) in [5.74, 6) is 1.24. The van der Waals surface area contributed by atoms with Gasteiger partial charge in [-0.05, 0) is 81.1 Å². The highest BCUT2D eigenvalue weighted by atomic mass is 16.5. The van der Waals surface area contributed by atoms with E-state index in [2.05, 4.69) is 44.9 Å². The van der Waals surface area contributed by atoms with Crippen LogP contribution < -0.4 is 4.74 Å². The number of ether oxygens (including phenoxy) is 1. The molecule has 1 aliphatic carbocycles. The topological polar surface area (TPSA) is 32.7 Å². The summed E-state index contributed by atoms with van der Waals surface area (Å²) < 4.78 is 5.43. The van der Waals surface area contributed by atoms with Crippen molar-refractivity contribution >= 4 is 0 Å². The Morgan fingerprint density at radius 3 is 2.45 bits per heavy atom. The van der Waals surface area contributed by atoms with E-state index >= 15 is 0 Å². The lowest BCUT2D eigenvalue weighted by Gasteiger charge is -2.47. The number of fused-ring (bicyclic) bond motifs is 1. The Labute approximate surface area is 134 Å². The number of aliphatic hydroxyl groups is 1. The third-order valence-electron chi connectivity index (χ3n) is 5.98. The Morgan fingerprint density at radius 1 is 1.23 bits per heavy atom. The molecule has 0 aromatic heterocycles. The summed E-state index contributed by atoms with van der Waals surface area (Å²) in [6.07, 6.45) is 3.06. The predicted octanol–water partition coefficient (Wildman–Crippen LogP) is 3.12. The standard InChI is InChI=1S/C19H29NO2/c1-13-10-16(22-5)11-14-12-18(2,3)19(21,17(13)14)15-6-8-20(4)9-7-15/h10-11,15,21H,6-9,12H2,1-5H3. The van der Waals surface area contributed by atoms with Crippen molar-refractivity contribution in [1.29, 1.82) is 0 Å². The maximum Gasteiger partial charge on any atom is 0.119 e. The lowest BCUT2D eigenvalue weighted by Crippen LogP contribution is -2.49. The van der Waals surface area contributed by atoms with E-state index in [0.29, 0.717) is 5.92 Å². The van der Waals surface area contributed by atoms with E-state index in [9.17, 15) is 5.11 Å². The Balaban J connectivity index is 2.08. The van der Waals surface area contributed by atoms with Crippen molar-refractivity contribution in [2.45, 2.75) is 45.6 Å². The Morgan fingerprint density at radius 2 is 1.86 bits per heavy atom. The first-order chi connectivity index (χ1) is 10.3. The van der Waals surface area contributed by atoms with Gasteiger partial charge in [-0.2, -0.15) is 0 Å². The molecule has 1 heterocycles. The number of nitrogens with zero attached hydrogens (tertiary/aromatic N) is 1. The maximum absolute atomic E-state index is 11.9. The summed E-state index contributed by atoms with van der Waals surface area (Å²) in [6, 6.07) is 4.19. The molecular weight excluding hydrogens is 274 g/mol. The van der Waals surface area contributed by atoms with Crippen LogP contribution in [0.1, 0.15) is 43.4 Å². The third-order valence-corrected chi connectivity index (χ3v) is 5.98. The molecule has 1 aromatic rings. The molecule has 2 aliphatic rings. The lowest BCUT2D eigenvalue weighted by atomic mass is 9.65. The number of rotatable bonds is 2. The SMILES string of the molecule is COc1cc(C)c2c(c1)CC(C)(C)C2(O)C1CCN(C)CC1. The number of piperidine rings is 1. The van der Waals surface area contributed by atoms with Crippen LogP contribution >= 0.6 is 0 Å². The van der Waals surface area contributed by atoms with Gasteiger partial charge in [-0.1, -0.05) is 13.8 Å². The summed E-state index contributed by atoms with van der Waals surface area (Å²) in [4.78, 5) is 2.36. The molecule has 3 heteroatoms. The van der Waals surface area contributed by atoms with Crippen molar-refractivity contribution < 1.29 is 9.84 Å². The normalized spacial score (nSPS) is 28.6. The maximum atomic E-state index is 11.9. The van der Waals surface area contributed by atoms with Crippen molar-refractivity contribution in [1.82, 2.24) is 4.90 Å². The number of hydrogen-bond donors (Lipinski definition) is 1. The van der Waals surface area contributed by atoms with Gasteiger partial charge < -0.3 is 14.7 Å². The fraction of sp³-hybridized carbons (Fsp3) is 0.684. The second kappa shape index (κ2) is 5.24. The van der Waals surface area contributed by atoms with Crippen molar-refractivity contribution in [3.8, 4) is 5.75 Å². The first kappa shape index (κ1) is 15.8. The van der Waals surface area contributed by atoms with Gasteiger partial charge in [-0.25, -0.2) is 0 Å². The molecule has 1 N–H and O–H groups in total. The third kappa shape index (κ3) is 2.17. The molecule has 0 spiro atoms. The van der Waals surface area contributed by atoms with E-state index in [1.807, 2.05) is 0 Å². The van der Waals surface area contributed by atoms with Crippen molar-refractivity contribution in [3.63, 3.8) is 0 Å². The molecule has 3 rings (SSSR count). The van der Waals surface area contributed by atoms with Crippen LogP contribution in [-0.2, 0) is 12.0 Å². The van der Waals surface area contributed by atoms with Gasteiger partial charge >= 0.3 is 0 Å². The number of methoxy groups -OCH3 is 1. The summed E-state index contributed by atoms with van der Waals surface area (Å²) >= 11 is 0. The van der Waals surface area contributed by atoms with E-state index in [0.717, 1.165) is 38.1 Å². The number of benzene rings is 1. The van der Waals surface area contributed by atoms with Crippen LogP contribution in [-0.4, -0.2) is 37.3 Å². The molecule has 1 aromatic carbocycles. The predicted molar refractivity (Wildman–Crippen MR) is 89.3 cm³/mol. The molecule has 1 fully saturated rings. The van der Waals surface area contributed by atoms with Crippen molar-refractivity contribution in [2.24, 2.45) is 11.3 Å². The summed E-state index contributed by atoms with van der Waals surface area (Å²) in [5, 5.41) is 11.9. The zero-order chi connectivity index (χ0) is 16.1. The molecule has 0 radical (unpaired) electrons. The molecule has 0 saturated carbocycles. The molecule has 122 valence electrons. The van der Waals surface area contributed by atoms with Gasteiger partial charge in [-0.15, -0.1) is 0 Å². The van der Waals surface area contributed by atoms with Crippen LogP contribution in [0.3, 0.4) is 0 Å². The molecule has 1 unspecified atom stereocenters.